The Balaban J connectivity index is 1.66. The number of thiocarbonyl (C=S) groups is 1. The Morgan fingerprint density at radius 1 is 1.24 bits per heavy atom. The van der Waals surface area contributed by atoms with Crippen molar-refractivity contribution in [2.24, 2.45) is 0 Å². The third kappa shape index (κ3) is 4.21. The van der Waals surface area contributed by atoms with Crippen LogP contribution in [0, 0.1) is 10.1 Å². The monoisotopic (exact) mass is 359 g/mol. The highest BCUT2D eigenvalue weighted by Gasteiger charge is 2.18. The van der Waals surface area contributed by atoms with Crippen molar-refractivity contribution in [1.82, 2.24) is 10.6 Å². The highest BCUT2D eigenvalue weighted by Crippen LogP contribution is 2.25. The molecule has 2 N–H and O–H groups in total. The van der Waals surface area contributed by atoms with Crippen LogP contribution in [0.5, 0.6) is 0 Å². The topological polar surface area (TPSA) is 97.4 Å². The molecule has 1 aliphatic rings. The number of amides is 1. The van der Waals surface area contributed by atoms with E-state index >= 15 is 0 Å². The zero-order valence-corrected chi connectivity index (χ0v) is 14.2. The summed E-state index contributed by atoms with van der Waals surface area (Å²) in [5, 5.41) is 16.9. The number of nitro groups is 1. The molecule has 25 heavy (non-hydrogen) atoms. The second-order valence-corrected chi connectivity index (χ2v) is 6.29. The van der Waals surface area contributed by atoms with Gasteiger partial charge in [-0.3, -0.25) is 20.2 Å². The summed E-state index contributed by atoms with van der Waals surface area (Å²) in [4.78, 5) is 22.6. The lowest BCUT2D eigenvalue weighted by Crippen LogP contribution is -2.43. The van der Waals surface area contributed by atoms with Crippen molar-refractivity contribution in [3.8, 4) is 11.3 Å². The van der Waals surface area contributed by atoms with E-state index in [-0.39, 0.29) is 16.6 Å². The Hall–Kier alpha value is -2.74. The molecule has 0 unspecified atom stereocenters. The maximum atomic E-state index is 12.2. The third-order valence-corrected chi connectivity index (χ3v) is 4.31. The number of rotatable bonds is 4. The van der Waals surface area contributed by atoms with Gasteiger partial charge in [0.15, 0.2) is 10.9 Å². The first kappa shape index (κ1) is 17.1. The summed E-state index contributed by atoms with van der Waals surface area (Å²) in [5.41, 5.74) is 0.488. The van der Waals surface area contributed by atoms with Gasteiger partial charge in [-0.1, -0.05) is 25.0 Å². The standard InChI is InChI=1S/C17H17N3O4S/c21-16(19-17(25)18-12-5-1-2-6-12)15-9-8-14(24-15)11-4-3-7-13(10-11)20(22)23/h3-4,7-10,12H,1-2,5-6H2,(H2,18,19,21,25). The zero-order valence-electron chi connectivity index (χ0n) is 13.4. The van der Waals surface area contributed by atoms with Crippen molar-refractivity contribution in [3.63, 3.8) is 0 Å². The number of hydrogen-bond acceptors (Lipinski definition) is 5. The van der Waals surface area contributed by atoms with Crippen molar-refractivity contribution in [2.75, 3.05) is 0 Å². The van der Waals surface area contributed by atoms with Crippen LogP contribution in [-0.2, 0) is 0 Å². The molecule has 1 saturated carbocycles. The van der Waals surface area contributed by atoms with Crippen molar-refractivity contribution >= 4 is 28.9 Å². The fourth-order valence-electron chi connectivity index (χ4n) is 2.84. The molecule has 0 radical (unpaired) electrons. The Kier molecular flexibility index (Phi) is 5.08. The Morgan fingerprint density at radius 3 is 2.72 bits per heavy atom. The van der Waals surface area contributed by atoms with Crippen LogP contribution in [0.2, 0.25) is 0 Å². The Bertz CT molecular complexity index is 812. The third-order valence-electron chi connectivity index (χ3n) is 4.09. The number of carbonyl (C=O) groups is 1. The molecule has 1 aromatic carbocycles. The number of nitro benzene ring substituents is 1. The second-order valence-electron chi connectivity index (χ2n) is 5.88. The van der Waals surface area contributed by atoms with Gasteiger partial charge in [-0.2, -0.15) is 0 Å². The van der Waals surface area contributed by atoms with E-state index in [1.807, 2.05) is 0 Å². The van der Waals surface area contributed by atoms with Crippen LogP contribution in [0.3, 0.4) is 0 Å². The molecule has 7 nitrogen and oxygen atoms in total. The molecule has 1 aromatic heterocycles. The Labute approximate surface area is 149 Å². The number of nitrogens with one attached hydrogen (secondary N) is 2. The van der Waals surface area contributed by atoms with Gasteiger partial charge in [0.2, 0.25) is 0 Å². The van der Waals surface area contributed by atoms with E-state index in [1.54, 1.807) is 18.2 Å². The minimum atomic E-state index is -0.479. The van der Waals surface area contributed by atoms with E-state index in [4.69, 9.17) is 16.6 Å². The number of hydrogen-bond donors (Lipinski definition) is 2. The predicted molar refractivity (Wildman–Crippen MR) is 96.3 cm³/mol. The summed E-state index contributed by atoms with van der Waals surface area (Å²) in [6.07, 6.45) is 4.43. The highest BCUT2D eigenvalue weighted by atomic mass is 32.1. The number of benzene rings is 1. The molecule has 0 saturated heterocycles. The van der Waals surface area contributed by atoms with Gasteiger partial charge in [0, 0.05) is 23.7 Å². The van der Waals surface area contributed by atoms with E-state index in [2.05, 4.69) is 10.6 Å². The highest BCUT2D eigenvalue weighted by molar-refractivity contribution is 7.80. The van der Waals surface area contributed by atoms with E-state index in [1.165, 1.54) is 31.0 Å². The molecule has 0 atom stereocenters. The number of furan rings is 1. The normalized spacial score (nSPS) is 14.2. The molecule has 0 bridgehead atoms. The lowest BCUT2D eigenvalue weighted by atomic mass is 10.1. The van der Waals surface area contributed by atoms with Gasteiger partial charge in [0.25, 0.3) is 11.6 Å². The van der Waals surface area contributed by atoms with Crippen molar-refractivity contribution < 1.29 is 14.1 Å². The van der Waals surface area contributed by atoms with Crippen LogP contribution in [0.25, 0.3) is 11.3 Å². The Morgan fingerprint density at radius 2 is 2.00 bits per heavy atom. The van der Waals surface area contributed by atoms with Gasteiger partial charge in [0.1, 0.15) is 5.76 Å². The molecule has 1 heterocycles. The summed E-state index contributed by atoms with van der Waals surface area (Å²) >= 11 is 5.15. The molecule has 3 rings (SSSR count). The van der Waals surface area contributed by atoms with Gasteiger partial charge >= 0.3 is 0 Å². The average molecular weight is 359 g/mol. The number of nitrogens with zero attached hydrogens (tertiary/aromatic N) is 1. The molecular formula is C17H17N3O4S. The van der Waals surface area contributed by atoms with Crippen LogP contribution in [0.1, 0.15) is 36.2 Å². The summed E-state index contributed by atoms with van der Waals surface area (Å²) in [6, 6.07) is 9.46. The molecule has 130 valence electrons. The lowest BCUT2D eigenvalue weighted by Gasteiger charge is -2.14. The van der Waals surface area contributed by atoms with Crippen LogP contribution in [0.4, 0.5) is 5.69 Å². The van der Waals surface area contributed by atoms with Crippen molar-refractivity contribution in [1.29, 1.82) is 0 Å². The van der Waals surface area contributed by atoms with E-state index in [0.29, 0.717) is 17.4 Å². The van der Waals surface area contributed by atoms with Crippen molar-refractivity contribution in [3.05, 3.63) is 52.3 Å². The van der Waals surface area contributed by atoms with Gasteiger partial charge in [-0.25, -0.2) is 0 Å². The zero-order chi connectivity index (χ0) is 17.8. The fraction of sp³-hybridized carbons (Fsp3) is 0.294. The van der Waals surface area contributed by atoms with Crippen LogP contribution in [-0.4, -0.2) is 22.0 Å². The van der Waals surface area contributed by atoms with Crippen molar-refractivity contribution in [2.45, 2.75) is 31.7 Å². The average Bonchev–Trinajstić information content (AvgIpc) is 3.26. The molecule has 2 aromatic rings. The van der Waals surface area contributed by atoms with Gasteiger partial charge in [0.05, 0.1) is 4.92 Å². The summed E-state index contributed by atoms with van der Waals surface area (Å²) < 4.78 is 5.52. The number of non-ortho nitro benzene ring substituents is 1. The van der Waals surface area contributed by atoms with Crippen LogP contribution in [0.15, 0.2) is 40.8 Å². The first-order valence-corrected chi connectivity index (χ1v) is 8.40. The molecule has 1 aliphatic carbocycles. The first-order chi connectivity index (χ1) is 12.0. The maximum Gasteiger partial charge on any atom is 0.293 e. The molecule has 8 heteroatoms. The molecular weight excluding hydrogens is 342 g/mol. The first-order valence-electron chi connectivity index (χ1n) is 7.99. The molecule has 1 amide bonds. The van der Waals surface area contributed by atoms with Gasteiger partial charge in [-0.05, 0) is 37.2 Å². The number of carbonyl (C=O) groups excluding carboxylic acids is 1. The van der Waals surface area contributed by atoms with Crippen LogP contribution < -0.4 is 10.6 Å². The second kappa shape index (κ2) is 7.43. The van der Waals surface area contributed by atoms with Gasteiger partial charge < -0.3 is 9.73 Å². The smallest absolute Gasteiger partial charge is 0.293 e. The minimum Gasteiger partial charge on any atom is -0.451 e. The SMILES string of the molecule is O=C(NC(=S)NC1CCCC1)c1ccc(-c2cccc([N+](=O)[O-])c2)o1. The molecule has 0 aliphatic heterocycles. The summed E-state index contributed by atoms with van der Waals surface area (Å²) in [7, 11) is 0. The van der Waals surface area contributed by atoms with Crippen LogP contribution >= 0.6 is 12.2 Å². The lowest BCUT2D eigenvalue weighted by molar-refractivity contribution is -0.384. The maximum absolute atomic E-state index is 12.2. The quantitative estimate of drug-likeness (QED) is 0.493. The largest absolute Gasteiger partial charge is 0.451 e. The minimum absolute atomic E-state index is 0.0400. The summed E-state index contributed by atoms with van der Waals surface area (Å²) in [6.45, 7) is 0. The molecule has 1 fully saturated rings. The molecule has 0 spiro atoms. The fourth-order valence-corrected chi connectivity index (χ4v) is 3.10. The van der Waals surface area contributed by atoms with E-state index < -0.39 is 10.8 Å². The summed E-state index contributed by atoms with van der Waals surface area (Å²) in [5.74, 6) is 0.0211. The predicted octanol–water partition coefficient (Wildman–Crippen LogP) is 3.40. The van der Waals surface area contributed by atoms with E-state index in [9.17, 15) is 14.9 Å². The van der Waals surface area contributed by atoms with Gasteiger partial charge in [-0.15, -0.1) is 0 Å². The van der Waals surface area contributed by atoms with E-state index in [0.717, 1.165) is 12.8 Å².